The van der Waals surface area contributed by atoms with Crippen LogP contribution in [0.15, 0.2) is 23.1 Å². The zero-order valence-electron chi connectivity index (χ0n) is 14.1. The molecule has 26 heavy (non-hydrogen) atoms. The number of anilines is 1. The molecule has 9 heteroatoms. The zero-order chi connectivity index (χ0) is 19.3. The molecule has 0 aromatic heterocycles. The molecule has 0 bridgehead atoms. The van der Waals surface area contributed by atoms with Crippen molar-refractivity contribution in [3.05, 3.63) is 29.3 Å². The van der Waals surface area contributed by atoms with Gasteiger partial charge in [-0.1, -0.05) is 0 Å². The number of halogens is 1. The van der Waals surface area contributed by atoms with Gasteiger partial charge in [0.2, 0.25) is 0 Å². The molecule has 1 aliphatic rings. The number of carbonyl (C=O) groups excluding carboxylic acids is 4. The average molecular weight is 381 g/mol. The van der Waals surface area contributed by atoms with Crippen LogP contribution in [0.5, 0.6) is 5.75 Å². The molecule has 0 N–H and O–H groups in total. The molecule has 2 amide bonds. The van der Waals surface area contributed by atoms with Crippen molar-refractivity contribution in [1.82, 2.24) is 0 Å². The summed E-state index contributed by atoms with van der Waals surface area (Å²) in [6.07, 6.45) is 2.94. The first-order valence-electron chi connectivity index (χ1n) is 7.51. The molecule has 0 aliphatic carbocycles. The molecule has 2 rings (SSSR count). The summed E-state index contributed by atoms with van der Waals surface area (Å²) >= 11 is 1.14. The quantitative estimate of drug-likeness (QED) is 0.223. The van der Waals surface area contributed by atoms with Crippen molar-refractivity contribution in [2.45, 2.75) is 11.8 Å². The lowest BCUT2D eigenvalue weighted by Gasteiger charge is -2.22. The van der Waals surface area contributed by atoms with Crippen molar-refractivity contribution in [3.63, 3.8) is 0 Å². The largest absolute Gasteiger partial charge is 0.493 e. The monoisotopic (exact) mass is 381 g/mol. The molecule has 1 heterocycles. The number of methoxy groups -OCH3 is 1. The van der Waals surface area contributed by atoms with E-state index in [4.69, 9.17) is 4.74 Å². The van der Waals surface area contributed by atoms with Gasteiger partial charge in [0.1, 0.15) is 6.61 Å². The van der Waals surface area contributed by atoms with Crippen LogP contribution in [0.4, 0.5) is 10.1 Å². The maximum Gasteiger partial charge on any atom is 0.337 e. The van der Waals surface area contributed by atoms with E-state index in [1.165, 1.54) is 13.2 Å². The predicted octanol–water partition coefficient (Wildman–Crippen LogP) is 1.85. The topological polar surface area (TPSA) is 90.0 Å². The third kappa shape index (κ3) is 3.93. The van der Waals surface area contributed by atoms with E-state index in [-0.39, 0.29) is 23.8 Å². The molecule has 0 radical (unpaired) electrons. The molecule has 0 unspecified atom stereocenters. The number of hydrogen-bond acceptors (Lipinski definition) is 7. The minimum absolute atomic E-state index is 0.0682. The van der Waals surface area contributed by atoms with Gasteiger partial charge in [0, 0.05) is 23.5 Å². The Morgan fingerprint density at radius 1 is 1.31 bits per heavy atom. The van der Waals surface area contributed by atoms with Gasteiger partial charge in [-0.3, -0.25) is 14.4 Å². The van der Waals surface area contributed by atoms with Gasteiger partial charge in [0.25, 0.3) is 11.8 Å². The first-order chi connectivity index (χ1) is 12.4. The number of thioether (sulfide) groups is 1. The van der Waals surface area contributed by atoms with Crippen molar-refractivity contribution < 1.29 is 33.0 Å². The molecule has 1 aromatic rings. The van der Waals surface area contributed by atoms with E-state index in [1.807, 2.05) is 0 Å². The highest BCUT2D eigenvalue weighted by Gasteiger charge is 2.30. The summed E-state index contributed by atoms with van der Waals surface area (Å²) in [5.74, 6) is -1.59. The smallest absolute Gasteiger partial charge is 0.337 e. The number of ether oxygens (including phenoxy) is 2. The molecule has 1 aliphatic heterocycles. The Kier molecular flexibility index (Phi) is 6.51. The number of aldehydes is 1. The Labute approximate surface area is 153 Å². The predicted molar refractivity (Wildman–Crippen MR) is 92.4 cm³/mol. The van der Waals surface area contributed by atoms with Crippen LogP contribution in [-0.2, 0) is 19.1 Å². The summed E-state index contributed by atoms with van der Waals surface area (Å²) in [6, 6.07) is 1.53. The number of benzene rings is 1. The van der Waals surface area contributed by atoms with Crippen LogP contribution >= 0.6 is 11.8 Å². The first-order valence-corrected chi connectivity index (χ1v) is 8.50. The van der Waals surface area contributed by atoms with Crippen LogP contribution < -0.4 is 9.64 Å². The van der Waals surface area contributed by atoms with Crippen molar-refractivity contribution in [2.24, 2.45) is 0 Å². The first kappa shape index (κ1) is 19.6. The molecular formula is C17H16FNO6S. The zero-order valence-corrected chi connectivity index (χ0v) is 14.9. The molecule has 0 atom stereocenters. The number of alkyl halides is 1. The number of esters is 1. The second-order valence-corrected chi connectivity index (χ2v) is 6.26. The van der Waals surface area contributed by atoms with Gasteiger partial charge in [-0.2, -0.15) is 0 Å². The van der Waals surface area contributed by atoms with Crippen molar-refractivity contribution in [1.29, 1.82) is 0 Å². The fourth-order valence-corrected chi connectivity index (χ4v) is 3.45. The van der Waals surface area contributed by atoms with E-state index < -0.39 is 24.5 Å². The SMILES string of the molecule is COc1c(N2C(=O)C=CC2=O)cc(C)c(C=O)c1SCCOC(=O)CF. The Hall–Kier alpha value is -2.68. The Morgan fingerprint density at radius 2 is 1.96 bits per heavy atom. The van der Waals surface area contributed by atoms with Crippen molar-refractivity contribution in [3.8, 4) is 5.75 Å². The number of imide groups is 1. The van der Waals surface area contributed by atoms with E-state index in [2.05, 4.69) is 4.74 Å². The van der Waals surface area contributed by atoms with Gasteiger partial charge in [0.05, 0.1) is 17.7 Å². The maximum atomic E-state index is 12.1. The van der Waals surface area contributed by atoms with Crippen LogP contribution in [0.3, 0.4) is 0 Å². The van der Waals surface area contributed by atoms with Crippen LogP contribution in [-0.4, -0.2) is 50.2 Å². The van der Waals surface area contributed by atoms with Crippen LogP contribution in [0.25, 0.3) is 0 Å². The van der Waals surface area contributed by atoms with E-state index in [0.29, 0.717) is 22.3 Å². The Bertz CT molecular complexity index is 774. The minimum Gasteiger partial charge on any atom is -0.493 e. The van der Waals surface area contributed by atoms with Gasteiger partial charge in [-0.15, -0.1) is 11.8 Å². The van der Waals surface area contributed by atoms with Crippen LogP contribution in [0, 0.1) is 6.92 Å². The number of amides is 2. The molecule has 0 saturated carbocycles. The number of rotatable bonds is 8. The minimum atomic E-state index is -1.21. The second kappa shape index (κ2) is 8.61. The molecule has 0 saturated heterocycles. The van der Waals surface area contributed by atoms with Gasteiger partial charge in [0.15, 0.2) is 18.7 Å². The standard InChI is InChI=1S/C17H16FNO6S/c1-10-7-12(19-13(21)3-4-14(19)22)16(24-2)17(11(10)9-20)26-6-5-25-15(23)8-18/h3-4,7,9H,5-6,8H2,1-2H3. The lowest BCUT2D eigenvalue weighted by atomic mass is 10.1. The molecule has 0 spiro atoms. The fraction of sp³-hybridized carbons (Fsp3) is 0.294. The third-order valence-corrected chi connectivity index (χ3v) is 4.60. The number of hydrogen-bond donors (Lipinski definition) is 0. The summed E-state index contributed by atoms with van der Waals surface area (Å²) in [6.45, 7) is 0.383. The summed E-state index contributed by atoms with van der Waals surface area (Å²) in [4.78, 5) is 47.7. The molecular weight excluding hydrogens is 365 g/mol. The molecule has 138 valence electrons. The lowest BCUT2D eigenvalue weighted by molar-refractivity contribution is -0.144. The number of carbonyl (C=O) groups is 4. The van der Waals surface area contributed by atoms with E-state index >= 15 is 0 Å². The lowest BCUT2D eigenvalue weighted by Crippen LogP contribution is -2.30. The number of nitrogens with zero attached hydrogens (tertiary/aromatic N) is 1. The normalized spacial score (nSPS) is 13.3. The Morgan fingerprint density at radius 3 is 2.50 bits per heavy atom. The van der Waals surface area contributed by atoms with Crippen molar-refractivity contribution >= 4 is 41.5 Å². The van der Waals surface area contributed by atoms with E-state index in [9.17, 15) is 23.6 Å². The molecule has 1 aromatic carbocycles. The maximum absolute atomic E-state index is 12.1. The molecule has 0 fully saturated rings. The average Bonchev–Trinajstić information content (AvgIpc) is 2.96. The summed E-state index contributed by atoms with van der Waals surface area (Å²) in [7, 11) is 1.36. The number of aryl methyl sites for hydroxylation is 1. The highest BCUT2D eigenvalue weighted by molar-refractivity contribution is 7.99. The van der Waals surface area contributed by atoms with Gasteiger partial charge in [-0.05, 0) is 18.6 Å². The second-order valence-electron chi connectivity index (χ2n) is 5.15. The van der Waals surface area contributed by atoms with Gasteiger partial charge in [-0.25, -0.2) is 14.1 Å². The van der Waals surface area contributed by atoms with E-state index in [1.54, 1.807) is 6.92 Å². The third-order valence-electron chi connectivity index (χ3n) is 3.54. The summed E-state index contributed by atoms with van der Waals surface area (Å²) in [5, 5.41) is 0. The van der Waals surface area contributed by atoms with Gasteiger partial charge < -0.3 is 9.47 Å². The van der Waals surface area contributed by atoms with Crippen LogP contribution in [0.1, 0.15) is 15.9 Å². The highest BCUT2D eigenvalue weighted by Crippen LogP contribution is 2.42. The van der Waals surface area contributed by atoms with E-state index in [0.717, 1.165) is 28.8 Å². The summed E-state index contributed by atoms with van der Waals surface area (Å²) in [5.41, 5.74) is 1.10. The van der Waals surface area contributed by atoms with Crippen LogP contribution in [0.2, 0.25) is 0 Å². The van der Waals surface area contributed by atoms with Crippen molar-refractivity contribution in [2.75, 3.05) is 31.0 Å². The highest BCUT2D eigenvalue weighted by atomic mass is 32.2. The molecule has 7 nitrogen and oxygen atoms in total. The van der Waals surface area contributed by atoms with Gasteiger partial charge >= 0.3 is 5.97 Å². The fourth-order valence-electron chi connectivity index (χ4n) is 2.39. The summed E-state index contributed by atoms with van der Waals surface area (Å²) < 4.78 is 22.1. The Balaban J connectivity index is 2.38.